The molecule has 0 saturated carbocycles. The molecule has 35 heavy (non-hydrogen) atoms. The number of likely N-dealkylation sites (tertiary alicyclic amines) is 1. The van der Waals surface area contributed by atoms with E-state index in [1.54, 1.807) is 11.8 Å². The van der Waals surface area contributed by atoms with Crippen molar-refractivity contribution in [3.8, 4) is 0 Å². The number of ether oxygens (including phenoxy) is 1. The van der Waals surface area contributed by atoms with Crippen LogP contribution in [0.3, 0.4) is 0 Å². The number of aryl methyl sites for hydroxylation is 1. The third-order valence-corrected chi connectivity index (χ3v) is 5.71. The molecule has 3 aromatic rings. The van der Waals surface area contributed by atoms with Crippen LogP contribution in [0.2, 0.25) is 0 Å². The third-order valence-electron chi connectivity index (χ3n) is 5.71. The van der Waals surface area contributed by atoms with Gasteiger partial charge in [0.25, 0.3) is 5.91 Å². The maximum Gasteiger partial charge on any atom is 0.410 e. The molecular weight excluding hydrogens is 455 g/mol. The number of carbonyl (C=O) groups is 2. The van der Waals surface area contributed by atoms with Crippen LogP contribution in [0.15, 0.2) is 28.9 Å². The molecule has 11 heteroatoms. The average molecular weight is 485 g/mol. The number of carbonyl (C=O) groups excluding carboxylic acids is 2. The zero-order valence-electron chi connectivity index (χ0n) is 20.5. The summed E-state index contributed by atoms with van der Waals surface area (Å²) in [5.74, 6) is -0.159. The van der Waals surface area contributed by atoms with E-state index in [-0.39, 0.29) is 34.6 Å². The Balaban J connectivity index is 1.35. The number of amides is 2. The van der Waals surface area contributed by atoms with Gasteiger partial charge in [-0.05, 0) is 39.7 Å². The van der Waals surface area contributed by atoms with Gasteiger partial charge in [0.2, 0.25) is 0 Å². The molecule has 1 N–H and O–H groups in total. The lowest BCUT2D eigenvalue weighted by Crippen LogP contribution is -2.47. The average Bonchev–Trinajstić information content (AvgIpc) is 3.18. The van der Waals surface area contributed by atoms with Gasteiger partial charge in [0.15, 0.2) is 17.3 Å². The highest BCUT2D eigenvalue weighted by Crippen LogP contribution is 2.24. The summed E-state index contributed by atoms with van der Waals surface area (Å²) >= 11 is 0. The van der Waals surface area contributed by atoms with Crippen LogP contribution in [0.25, 0.3) is 11.1 Å². The number of fused-ring (bicyclic) bond motifs is 1. The summed E-state index contributed by atoms with van der Waals surface area (Å²) in [5, 5.41) is 2.61. The summed E-state index contributed by atoms with van der Waals surface area (Å²) in [6.45, 7) is 8.34. The number of nitrogens with one attached hydrogen (secondary N) is 1. The lowest BCUT2D eigenvalue weighted by atomic mass is 10.0. The number of hydrogen-bond acceptors (Lipinski definition) is 8. The topological polar surface area (TPSA) is 114 Å². The highest BCUT2D eigenvalue weighted by atomic mass is 19.1. The SMILES string of the molecule is Cc1nc2c(F)cc(NC(=O)c3cnc(N(C)C4CCN(C(=O)OC(C)(C)C)CC4)cn3)cc2o1. The molecule has 0 aliphatic carbocycles. The van der Waals surface area contributed by atoms with E-state index in [4.69, 9.17) is 9.15 Å². The predicted octanol–water partition coefficient (Wildman–Crippen LogP) is 4.15. The van der Waals surface area contributed by atoms with Crippen molar-refractivity contribution in [3.05, 3.63) is 41.9 Å². The maximum absolute atomic E-state index is 14.2. The smallest absolute Gasteiger partial charge is 0.410 e. The lowest BCUT2D eigenvalue weighted by Gasteiger charge is -2.37. The number of hydrogen-bond donors (Lipinski definition) is 1. The fourth-order valence-electron chi connectivity index (χ4n) is 3.94. The van der Waals surface area contributed by atoms with Gasteiger partial charge < -0.3 is 24.3 Å². The van der Waals surface area contributed by atoms with E-state index in [1.165, 1.54) is 24.5 Å². The van der Waals surface area contributed by atoms with Crippen molar-refractivity contribution in [2.45, 2.75) is 52.2 Å². The zero-order chi connectivity index (χ0) is 25.3. The Kier molecular flexibility index (Phi) is 6.60. The van der Waals surface area contributed by atoms with Crippen LogP contribution >= 0.6 is 0 Å². The molecule has 1 aromatic carbocycles. The first-order valence-corrected chi connectivity index (χ1v) is 11.4. The van der Waals surface area contributed by atoms with Crippen LogP contribution in [-0.2, 0) is 4.74 Å². The van der Waals surface area contributed by atoms with Crippen molar-refractivity contribution in [1.82, 2.24) is 19.9 Å². The molecular formula is C24H29FN6O4. The van der Waals surface area contributed by atoms with Crippen LogP contribution in [-0.4, -0.2) is 63.6 Å². The first-order valence-electron chi connectivity index (χ1n) is 11.4. The van der Waals surface area contributed by atoms with Gasteiger partial charge in [-0.15, -0.1) is 0 Å². The van der Waals surface area contributed by atoms with Crippen LogP contribution in [0, 0.1) is 12.7 Å². The number of benzene rings is 1. The van der Waals surface area contributed by atoms with E-state index in [0.717, 1.165) is 12.8 Å². The second kappa shape index (κ2) is 9.47. The molecule has 0 spiro atoms. The van der Waals surface area contributed by atoms with Gasteiger partial charge in [0.05, 0.1) is 12.4 Å². The molecule has 2 aromatic heterocycles. The predicted molar refractivity (Wildman–Crippen MR) is 128 cm³/mol. The van der Waals surface area contributed by atoms with Crippen LogP contribution in [0.5, 0.6) is 0 Å². The summed E-state index contributed by atoms with van der Waals surface area (Å²) in [7, 11) is 1.91. The summed E-state index contributed by atoms with van der Waals surface area (Å²) in [6, 6.07) is 2.86. The number of halogens is 1. The van der Waals surface area contributed by atoms with Crippen LogP contribution in [0.4, 0.5) is 20.7 Å². The highest BCUT2D eigenvalue weighted by Gasteiger charge is 2.29. The fourth-order valence-corrected chi connectivity index (χ4v) is 3.94. The minimum Gasteiger partial charge on any atom is -0.444 e. The van der Waals surface area contributed by atoms with Gasteiger partial charge in [-0.25, -0.2) is 24.1 Å². The molecule has 10 nitrogen and oxygen atoms in total. The summed E-state index contributed by atoms with van der Waals surface area (Å²) in [5.41, 5.74) is 0.166. The molecule has 3 heterocycles. The van der Waals surface area contributed by atoms with Crippen molar-refractivity contribution < 1.29 is 23.1 Å². The summed E-state index contributed by atoms with van der Waals surface area (Å²) in [4.78, 5) is 41.2. The number of piperidine rings is 1. The van der Waals surface area contributed by atoms with Gasteiger partial charge in [-0.2, -0.15) is 0 Å². The highest BCUT2D eigenvalue weighted by molar-refractivity contribution is 6.03. The quantitative estimate of drug-likeness (QED) is 0.587. The van der Waals surface area contributed by atoms with E-state index in [2.05, 4.69) is 20.3 Å². The molecule has 0 unspecified atom stereocenters. The standard InChI is InChI=1S/C24H29FN6O4/c1-14-28-21-17(25)10-15(11-19(21)34-14)29-22(32)18-12-27-20(13-26-18)30(5)16-6-8-31(9-7-16)23(33)35-24(2,3)4/h10-13,16H,6-9H2,1-5H3,(H,29,32). The van der Waals surface area contributed by atoms with Gasteiger partial charge in [-0.1, -0.05) is 0 Å². The molecule has 2 amide bonds. The Morgan fingerprint density at radius 3 is 2.54 bits per heavy atom. The number of oxazole rings is 1. The van der Waals surface area contributed by atoms with E-state index in [0.29, 0.717) is 24.8 Å². The Morgan fingerprint density at radius 1 is 1.20 bits per heavy atom. The van der Waals surface area contributed by atoms with Gasteiger partial charge in [0.1, 0.15) is 22.6 Å². The molecule has 4 rings (SSSR count). The van der Waals surface area contributed by atoms with Gasteiger partial charge in [0, 0.05) is 44.9 Å². The van der Waals surface area contributed by atoms with E-state index in [1.807, 2.05) is 32.7 Å². The second-order valence-electron chi connectivity index (χ2n) is 9.56. The molecule has 0 bridgehead atoms. The Hall–Kier alpha value is -3.76. The van der Waals surface area contributed by atoms with Crippen molar-refractivity contribution in [2.24, 2.45) is 0 Å². The minimum absolute atomic E-state index is 0.0937. The first kappa shape index (κ1) is 24.4. The van der Waals surface area contributed by atoms with E-state index in [9.17, 15) is 14.0 Å². The zero-order valence-corrected chi connectivity index (χ0v) is 20.5. The molecule has 1 saturated heterocycles. The molecule has 1 aliphatic rings. The Bertz CT molecular complexity index is 1230. The van der Waals surface area contributed by atoms with Crippen LogP contribution in [0.1, 0.15) is 50.0 Å². The van der Waals surface area contributed by atoms with Crippen molar-refractivity contribution >= 4 is 34.6 Å². The first-order chi connectivity index (χ1) is 16.5. The van der Waals surface area contributed by atoms with Gasteiger partial charge >= 0.3 is 6.09 Å². The largest absolute Gasteiger partial charge is 0.444 e. The van der Waals surface area contributed by atoms with Crippen molar-refractivity contribution in [2.75, 3.05) is 30.4 Å². The fraction of sp³-hybridized carbons (Fsp3) is 0.458. The molecule has 1 aliphatic heterocycles. The van der Waals surface area contributed by atoms with Gasteiger partial charge in [-0.3, -0.25) is 4.79 Å². The lowest BCUT2D eigenvalue weighted by molar-refractivity contribution is 0.0205. The summed E-state index contributed by atoms with van der Waals surface area (Å²) in [6.07, 6.45) is 4.12. The van der Waals surface area contributed by atoms with Crippen molar-refractivity contribution in [3.63, 3.8) is 0 Å². The van der Waals surface area contributed by atoms with E-state index >= 15 is 0 Å². The number of aromatic nitrogens is 3. The van der Waals surface area contributed by atoms with Crippen molar-refractivity contribution in [1.29, 1.82) is 0 Å². The van der Waals surface area contributed by atoms with Crippen LogP contribution < -0.4 is 10.2 Å². The number of anilines is 2. The molecule has 0 radical (unpaired) electrons. The monoisotopic (exact) mass is 484 g/mol. The normalized spacial score (nSPS) is 14.7. The number of rotatable bonds is 4. The second-order valence-corrected chi connectivity index (χ2v) is 9.56. The Labute approximate surface area is 202 Å². The molecule has 186 valence electrons. The minimum atomic E-state index is -0.588. The summed E-state index contributed by atoms with van der Waals surface area (Å²) < 4.78 is 25.0. The molecule has 0 atom stereocenters. The Morgan fingerprint density at radius 2 is 1.91 bits per heavy atom. The molecule has 1 fully saturated rings. The van der Waals surface area contributed by atoms with E-state index < -0.39 is 17.3 Å². The third kappa shape index (κ3) is 5.67. The number of nitrogens with zero attached hydrogens (tertiary/aromatic N) is 5. The maximum atomic E-state index is 14.2.